The summed E-state index contributed by atoms with van der Waals surface area (Å²) in [4.78, 5) is 0. The third kappa shape index (κ3) is 2.08. The normalized spacial score (nSPS) is 10.3. The van der Waals surface area contributed by atoms with Crippen LogP contribution in [-0.2, 0) is 6.61 Å². The lowest BCUT2D eigenvalue weighted by atomic mass is 9.99. The maximum Gasteiger partial charge on any atom is 0.0681 e. The molecular formula is C14H14O. The molecule has 0 saturated carbocycles. The molecule has 0 radical (unpaired) electrons. The number of hydrogen-bond donors (Lipinski definition) is 1. The highest BCUT2D eigenvalue weighted by Crippen LogP contribution is 2.23. The molecule has 1 nitrogen and oxygen atoms in total. The molecule has 0 bridgehead atoms. The van der Waals surface area contributed by atoms with Crippen molar-refractivity contribution in [2.75, 3.05) is 0 Å². The molecule has 0 spiro atoms. The van der Waals surface area contributed by atoms with Crippen LogP contribution < -0.4 is 0 Å². The maximum atomic E-state index is 9.02. The van der Waals surface area contributed by atoms with Gasteiger partial charge in [0.1, 0.15) is 0 Å². The van der Waals surface area contributed by atoms with Gasteiger partial charge in [0.2, 0.25) is 0 Å². The van der Waals surface area contributed by atoms with E-state index >= 15 is 0 Å². The van der Waals surface area contributed by atoms with E-state index in [4.69, 9.17) is 5.11 Å². The number of hydrogen-bond acceptors (Lipinski definition) is 1. The van der Waals surface area contributed by atoms with Crippen LogP contribution in [0.2, 0.25) is 0 Å². The molecule has 0 aliphatic heterocycles. The molecule has 0 heterocycles. The van der Waals surface area contributed by atoms with Crippen LogP contribution in [0.5, 0.6) is 0 Å². The van der Waals surface area contributed by atoms with Crippen LogP contribution in [-0.4, -0.2) is 5.11 Å². The fourth-order valence-corrected chi connectivity index (χ4v) is 1.77. The van der Waals surface area contributed by atoms with Gasteiger partial charge in [0.25, 0.3) is 0 Å². The van der Waals surface area contributed by atoms with Crippen molar-refractivity contribution in [1.82, 2.24) is 0 Å². The molecular weight excluding hydrogens is 184 g/mol. The molecule has 0 atom stereocenters. The van der Waals surface area contributed by atoms with Gasteiger partial charge in [-0.15, -0.1) is 0 Å². The molecule has 1 N–H and O–H groups in total. The van der Waals surface area contributed by atoms with E-state index in [0.29, 0.717) is 0 Å². The summed E-state index contributed by atoms with van der Waals surface area (Å²) < 4.78 is 0. The van der Waals surface area contributed by atoms with Crippen molar-refractivity contribution in [1.29, 1.82) is 0 Å². The minimum Gasteiger partial charge on any atom is -0.392 e. The average molecular weight is 198 g/mol. The van der Waals surface area contributed by atoms with Gasteiger partial charge in [-0.25, -0.2) is 0 Å². The molecule has 0 aromatic heterocycles. The quantitative estimate of drug-likeness (QED) is 0.786. The highest BCUT2D eigenvalue weighted by atomic mass is 16.3. The van der Waals surface area contributed by atoms with Gasteiger partial charge in [-0.05, 0) is 29.2 Å². The Kier molecular flexibility index (Phi) is 2.84. The zero-order valence-electron chi connectivity index (χ0n) is 8.77. The molecule has 2 aromatic carbocycles. The summed E-state index contributed by atoms with van der Waals surface area (Å²) in [6, 6.07) is 16.3. The third-order valence-electron chi connectivity index (χ3n) is 2.56. The van der Waals surface area contributed by atoms with Crippen LogP contribution in [0.4, 0.5) is 0 Å². The molecule has 0 unspecified atom stereocenters. The highest BCUT2D eigenvalue weighted by Gasteiger charge is 2.01. The fourth-order valence-electron chi connectivity index (χ4n) is 1.77. The molecule has 15 heavy (non-hydrogen) atoms. The van der Waals surface area contributed by atoms with Crippen molar-refractivity contribution in [3.05, 3.63) is 59.7 Å². The van der Waals surface area contributed by atoms with Crippen LogP contribution in [0.15, 0.2) is 48.5 Å². The summed E-state index contributed by atoms with van der Waals surface area (Å²) in [7, 11) is 0. The molecule has 0 aliphatic carbocycles. The maximum absolute atomic E-state index is 9.02. The van der Waals surface area contributed by atoms with Gasteiger partial charge in [-0.1, -0.05) is 48.5 Å². The lowest BCUT2D eigenvalue weighted by Gasteiger charge is -2.07. The number of aliphatic hydroxyl groups is 1. The Morgan fingerprint density at radius 1 is 1.00 bits per heavy atom. The molecule has 1 heteroatoms. The predicted molar refractivity (Wildman–Crippen MR) is 62.5 cm³/mol. The monoisotopic (exact) mass is 198 g/mol. The second-order valence-electron chi connectivity index (χ2n) is 3.67. The lowest BCUT2D eigenvalue weighted by Crippen LogP contribution is -1.87. The Hall–Kier alpha value is -1.60. The van der Waals surface area contributed by atoms with E-state index in [-0.39, 0.29) is 6.61 Å². The molecule has 0 saturated heterocycles. The summed E-state index contributed by atoms with van der Waals surface area (Å²) in [5, 5.41) is 9.02. The van der Waals surface area contributed by atoms with Gasteiger partial charge in [0.05, 0.1) is 6.61 Å². The van der Waals surface area contributed by atoms with Gasteiger partial charge in [-0.3, -0.25) is 0 Å². The number of aliphatic hydroxyl groups excluding tert-OH is 1. The van der Waals surface area contributed by atoms with Crippen LogP contribution >= 0.6 is 0 Å². The topological polar surface area (TPSA) is 20.2 Å². The molecule has 0 aliphatic rings. The first kappa shape index (κ1) is 9.94. The van der Waals surface area contributed by atoms with E-state index in [0.717, 1.165) is 5.56 Å². The van der Waals surface area contributed by atoms with Crippen molar-refractivity contribution >= 4 is 0 Å². The second-order valence-corrected chi connectivity index (χ2v) is 3.67. The van der Waals surface area contributed by atoms with Gasteiger partial charge in [0, 0.05) is 0 Å². The van der Waals surface area contributed by atoms with Gasteiger partial charge >= 0.3 is 0 Å². The Morgan fingerprint density at radius 3 is 2.33 bits per heavy atom. The largest absolute Gasteiger partial charge is 0.392 e. The van der Waals surface area contributed by atoms with Crippen LogP contribution in [0, 0.1) is 6.92 Å². The Balaban J connectivity index is 2.46. The Labute approximate surface area is 90.0 Å². The first-order chi connectivity index (χ1) is 7.31. The van der Waals surface area contributed by atoms with E-state index in [2.05, 4.69) is 25.1 Å². The molecule has 2 aromatic rings. The van der Waals surface area contributed by atoms with E-state index < -0.39 is 0 Å². The van der Waals surface area contributed by atoms with E-state index in [1.807, 2.05) is 30.3 Å². The first-order valence-corrected chi connectivity index (χ1v) is 5.07. The van der Waals surface area contributed by atoms with Crippen LogP contribution in [0.25, 0.3) is 11.1 Å². The van der Waals surface area contributed by atoms with Crippen molar-refractivity contribution in [2.24, 2.45) is 0 Å². The van der Waals surface area contributed by atoms with Crippen molar-refractivity contribution in [3.63, 3.8) is 0 Å². The molecule has 76 valence electrons. The van der Waals surface area contributed by atoms with Crippen LogP contribution in [0.3, 0.4) is 0 Å². The van der Waals surface area contributed by atoms with Crippen LogP contribution in [0.1, 0.15) is 11.1 Å². The third-order valence-corrected chi connectivity index (χ3v) is 2.56. The molecule has 0 fully saturated rings. The smallest absolute Gasteiger partial charge is 0.0681 e. The molecule has 2 rings (SSSR count). The lowest BCUT2D eigenvalue weighted by molar-refractivity contribution is 0.282. The summed E-state index contributed by atoms with van der Waals surface area (Å²) in [6.45, 7) is 2.18. The van der Waals surface area contributed by atoms with E-state index in [9.17, 15) is 0 Å². The SMILES string of the molecule is Cc1cc(CO)ccc1-c1ccccc1. The predicted octanol–water partition coefficient (Wildman–Crippen LogP) is 3.15. The van der Waals surface area contributed by atoms with Crippen molar-refractivity contribution in [3.8, 4) is 11.1 Å². The second kappa shape index (κ2) is 4.28. The van der Waals surface area contributed by atoms with E-state index in [1.54, 1.807) is 0 Å². The van der Waals surface area contributed by atoms with Gasteiger partial charge in [-0.2, -0.15) is 0 Å². The number of benzene rings is 2. The van der Waals surface area contributed by atoms with Crippen molar-refractivity contribution < 1.29 is 5.11 Å². The zero-order chi connectivity index (χ0) is 10.7. The highest BCUT2D eigenvalue weighted by molar-refractivity contribution is 5.67. The van der Waals surface area contributed by atoms with Gasteiger partial charge in [0.15, 0.2) is 0 Å². The van der Waals surface area contributed by atoms with E-state index in [1.165, 1.54) is 16.7 Å². The van der Waals surface area contributed by atoms with Gasteiger partial charge < -0.3 is 5.11 Å². The number of aryl methyl sites for hydroxylation is 1. The standard InChI is InChI=1S/C14H14O/c1-11-9-12(10-15)7-8-14(11)13-5-3-2-4-6-13/h2-9,15H,10H2,1H3. The summed E-state index contributed by atoms with van der Waals surface area (Å²) in [5.41, 5.74) is 4.62. The Bertz CT molecular complexity index is 446. The summed E-state index contributed by atoms with van der Waals surface area (Å²) >= 11 is 0. The molecule has 0 amide bonds. The fraction of sp³-hybridized carbons (Fsp3) is 0.143. The summed E-state index contributed by atoms with van der Waals surface area (Å²) in [5.74, 6) is 0. The first-order valence-electron chi connectivity index (χ1n) is 5.07. The zero-order valence-corrected chi connectivity index (χ0v) is 8.77. The number of rotatable bonds is 2. The Morgan fingerprint density at radius 2 is 1.73 bits per heavy atom. The minimum atomic E-state index is 0.107. The summed E-state index contributed by atoms with van der Waals surface area (Å²) in [6.07, 6.45) is 0. The average Bonchev–Trinajstić information content (AvgIpc) is 2.30. The minimum absolute atomic E-state index is 0.107. The van der Waals surface area contributed by atoms with Crippen molar-refractivity contribution in [2.45, 2.75) is 13.5 Å².